The van der Waals surface area contributed by atoms with E-state index in [-0.39, 0.29) is 17.4 Å². The Kier molecular flexibility index (Phi) is 6.01. The van der Waals surface area contributed by atoms with E-state index >= 15 is 0 Å². The van der Waals surface area contributed by atoms with E-state index in [0.717, 1.165) is 19.4 Å². The minimum atomic E-state index is -0.357. The highest BCUT2D eigenvalue weighted by Crippen LogP contribution is 2.21. The molecule has 0 fully saturated rings. The SMILES string of the molecule is CCCCN(CCO)c1ccc(C(N)=S)cc1F. The van der Waals surface area contributed by atoms with Crippen LogP contribution in [0.1, 0.15) is 25.3 Å². The molecule has 0 radical (unpaired) electrons. The third-order valence-electron chi connectivity index (χ3n) is 2.72. The van der Waals surface area contributed by atoms with Crippen LogP contribution in [-0.4, -0.2) is 29.8 Å². The summed E-state index contributed by atoms with van der Waals surface area (Å²) in [4.78, 5) is 2.02. The zero-order chi connectivity index (χ0) is 13.5. The average Bonchev–Trinajstić information content (AvgIpc) is 2.34. The van der Waals surface area contributed by atoms with Gasteiger partial charge in [-0.05, 0) is 24.6 Å². The maximum absolute atomic E-state index is 14.0. The zero-order valence-electron chi connectivity index (χ0n) is 10.5. The fourth-order valence-corrected chi connectivity index (χ4v) is 1.87. The van der Waals surface area contributed by atoms with Crippen molar-refractivity contribution in [3.63, 3.8) is 0 Å². The molecular weight excluding hydrogens is 251 g/mol. The van der Waals surface area contributed by atoms with Crippen LogP contribution < -0.4 is 10.6 Å². The summed E-state index contributed by atoms with van der Waals surface area (Å²) >= 11 is 4.81. The summed E-state index contributed by atoms with van der Waals surface area (Å²) in [5.74, 6) is -0.357. The molecule has 0 spiro atoms. The van der Waals surface area contributed by atoms with Crippen molar-refractivity contribution in [2.75, 3.05) is 24.6 Å². The number of nitrogens with two attached hydrogens (primary N) is 1. The van der Waals surface area contributed by atoms with Crippen molar-refractivity contribution in [3.05, 3.63) is 29.6 Å². The van der Waals surface area contributed by atoms with Crippen molar-refractivity contribution in [1.82, 2.24) is 0 Å². The Morgan fingerprint density at radius 3 is 2.67 bits per heavy atom. The summed E-state index contributed by atoms with van der Waals surface area (Å²) in [6.45, 7) is 3.22. The number of anilines is 1. The van der Waals surface area contributed by atoms with E-state index in [1.807, 2.05) is 4.90 Å². The first-order valence-corrected chi connectivity index (χ1v) is 6.46. The molecule has 0 amide bonds. The second-order valence-corrected chi connectivity index (χ2v) is 4.53. The van der Waals surface area contributed by atoms with Gasteiger partial charge in [-0.15, -0.1) is 0 Å². The molecular formula is C13H19FN2OS. The molecule has 1 rings (SSSR count). The Morgan fingerprint density at radius 1 is 1.44 bits per heavy atom. The van der Waals surface area contributed by atoms with Crippen LogP contribution >= 0.6 is 12.2 Å². The second-order valence-electron chi connectivity index (χ2n) is 4.09. The first kappa shape index (κ1) is 14.9. The molecule has 0 aromatic heterocycles. The van der Waals surface area contributed by atoms with Gasteiger partial charge in [-0.1, -0.05) is 25.6 Å². The van der Waals surface area contributed by atoms with Gasteiger partial charge >= 0.3 is 0 Å². The molecule has 3 N–H and O–H groups in total. The molecule has 0 aliphatic carbocycles. The molecule has 0 atom stereocenters. The van der Waals surface area contributed by atoms with Crippen molar-refractivity contribution in [2.45, 2.75) is 19.8 Å². The van der Waals surface area contributed by atoms with Crippen molar-refractivity contribution >= 4 is 22.9 Å². The molecule has 0 bridgehead atoms. The van der Waals surface area contributed by atoms with Gasteiger partial charge in [0.2, 0.25) is 0 Å². The van der Waals surface area contributed by atoms with E-state index in [4.69, 9.17) is 23.1 Å². The lowest BCUT2D eigenvalue weighted by molar-refractivity contribution is 0.301. The smallest absolute Gasteiger partial charge is 0.147 e. The summed E-state index contributed by atoms with van der Waals surface area (Å²) in [5, 5.41) is 9.03. The molecule has 100 valence electrons. The van der Waals surface area contributed by atoms with Gasteiger partial charge in [-0.3, -0.25) is 0 Å². The lowest BCUT2D eigenvalue weighted by Crippen LogP contribution is -2.28. The van der Waals surface area contributed by atoms with E-state index < -0.39 is 0 Å². The van der Waals surface area contributed by atoms with Crippen molar-refractivity contribution < 1.29 is 9.50 Å². The van der Waals surface area contributed by atoms with Crippen molar-refractivity contribution in [1.29, 1.82) is 0 Å². The summed E-state index contributed by atoms with van der Waals surface area (Å²) in [5.41, 5.74) is 6.46. The Labute approximate surface area is 112 Å². The molecule has 0 saturated heterocycles. The predicted octanol–water partition coefficient (Wildman–Crippen LogP) is 2.06. The van der Waals surface area contributed by atoms with Gasteiger partial charge in [-0.25, -0.2) is 4.39 Å². The van der Waals surface area contributed by atoms with Gasteiger partial charge in [0.15, 0.2) is 0 Å². The third kappa shape index (κ3) is 3.92. The van der Waals surface area contributed by atoms with Crippen molar-refractivity contribution in [2.24, 2.45) is 5.73 Å². The van der Waals surface area contributed by atoms with Gasteiger partial charge in [0.1, 0.15) is 10.8 Å². The van der Waals surface area contributed by atoms with Crippen molar-refractivity contribution in [3.8, 4) is 0 Å². The monoisotopic (exact) mass is 270 g/mol. The largest absolute Gasteiger partial charge is 0.395 e. The minimum Gasteiger partial charge on any atom is -0.395 e. The number of hydrogen-bond donors (Lipinski definition) is 2. The number of aliphatic hydroxyl groups excluding tert-OH is 1. The van der Waals surface area contributed by atoms with Crippen LogP contribution in [0.2, 0.25) is 0 Å². The molecule has 0 aliphatic heterocycles. The molecule has 0 heterocycles. The van der Waals surface area contributed by atoms with E-state index in [1.165, 1.54) is 6.07 Å². The molecule has 0 unspecified atom stereocenters. The number of hydrogen-bond acceptors (Lipinski definition) is 3. The maximum atomic E-state index is 14.0. The Morgan fingerprint density at radius 2 is 2.17 bits per heavy atom. The maximum Gasteiger partial charge on any atom is 0.147 e. The fourth-order valence-electron chi connectivity index (χ4n) is 1.74. The van der Waals surface area contributed by atoms with Gasteiger partial charge in [0.05, 0.1) is 12.3 Å². The van der Waals surface area contributed by atoms with Gasteiger partial charge in [0.25, 0.3) is 0 Å². The zero-order valence-corrected chi connectivity index (χ0v) is 11.3. The van der Waals surface area contributed by atoms with E-state index in [1.54, 1.807) is 12.1 Å². The lowest BCUT2D eigenvalue weighted by Gasteiger charge is -2.24. The normalized spacial score (nSPS) is 10.4. The number of halogens is 1. The fraction of sp³-hybridized carbons (Fsp3) is 0.462. The first-order valence-electron chi connectivity index (χ1n) is 6.05. The molecule has 1 aromatic rings. The summed E-state index contributed by atoms with van der Waals surface area (Å²) in [6, 6.07) is 4.71. The molecule has 1 aromatic carbocycles. The topological polar surface area (TPSA) is 49.5 Å². The number of unbranched alkanes of at least 4 members (excludes halogenated alkanes) is 1. The van der Waals surface area contributed by atoms with Crippen LogP contribution in [-0.2, 0) is 0 Å². The minimum absolute atomic E-state index is 0.000205. The van der Waals surface area contributed by atoms with E-state index in [9.17, 15) is 4.39 Å². The van der Waals surface area contributed by atoms with Crippen LogP contribution in [0.4, 0.5) is 10.1 Å². The van der Waals surface area contributed by atoms with Crippen LogP contribution in [0, 0.1) is 5.82 Å². The van der Waals surface area contributed by atoms with Crippen LogP contribution in [0.3, 0.4) is 0 Å². The quantitative estimate of drug-likeness (QED) is 0.745. The van der Waals surface area contributed by atoms with Crippen LogP contribution in [0.15, 0.2) is 18.2 Å². The summed E-state index contributed by atoms with van der Waals surface area (Å²) < 4.78 is 14.0. The Bertz CT molecular complexity index is 412. The summed E-state index contributed by atoms with van der Waals surface area (Å²) in [7, 11) is 0. The lowest BCUT2D eigenvalue weighted by atomic mass is 10.1. The highest BCUT2D eigenvalue weighted by atomic mass is 32.1. The molecule has 0 aliphatic rings. The molecule has 0 saturated carbocycles. The number of thiocarbonyl (C=S) groups is 1. The third-order valence-corrected chi connectivity index (χ3v) is 2.96. The van der Waals surface area contributed by atoms with Crippen LogP contribution in [0.5, 0.6) is 0 Å². The number of nitrogens with zero attached hydrogens (tertiary/aromatic N) is 1. The van der Waals surface area contributed by atoms with E-state index in [0.29, 0.717) is 17.8 Å². The number of benzene rings is 1. The van der Waals surface area contributed by atoms with Gasteiger partial charge < -0.3 is 15.7 Å². The number of aliphatic hydroxyl groups is 1. The predicted molar refractivity (Wildman–Crippen MR) is 76.5 cm³/mol. The standard InChI is InChI=1S/C13H19FN2OS/c1-2-3-6-16(7-8-17)12-5-4-10(13(15)18)9-11(12)14/h4-5,9,17H,2-3,6-8H2,1H3,(H2,15,18). The highest BCUT2D eigenvalue weighted by Gasteiger charge is 2.12. The van der Waals surface area contributed by atoms with Gasteiger partial charge in [0, 0.05) is 18.7 Å². The molecule has 5 heteroatoms. The molecule has 18 heavy (non-hydrogen) atoms. The Balaban J connectivity index is 2.93. The average molecular weight is 270 g/mol. The Hall–Kier alpha value is -1.20. The first-order chi connectivity index (χ1) is 8.60. The highest BCUT2D eigenvalue weighted by molar-refractivity contribution is 7.80. The summed E-state index contributed by atoms with van der Waals surface area (Å²) in [6.07, 6.45) is 1.98. The second kappa shape index (κ2) is 7.28. The van der Waals surface area contributed by atoms with E-state index in [2.05, 4.69) is 6.92 Å². The van der Waals surface area contributed by atoms with Crippen LogP contribution in [0.25, 0.3) is 0 Å². The number of rotatable bonds is 7. The molecule has 3 nitrogen and oxygen atoms in total. The van der Waals surface area contributed by atoms with Gasteiger partial charge in [-0.2, -0.15) is 0 Å².